The van der Waals surface area contributed by atoms with Crippen LogP contribution in [0.4, 0.5) is 16.2 Å². The lowest BCUT2D eigenvalue weighted by atomic mass is 9.68. The third-order valence-electron chi connectivity index (χ3n) is 6.92. The van der Waals surface area contributed by atoms with Crippen LogP contribution in [0.25, 0.3) is 15.9 Å². The van der Waals surface area contributed by atoms with Gasteiger partial charge in [-0.05, 0) is 78.2 Å². The van der Waals surface area contributed by atoms with Crippen LogP contribution in [0.5, 0.6) is 5.75 Å². The average Bonchev–Trinajstić information content (AvgIpc) is 3.34. The Balaban J connectivity index is 1.39. The van der Waals surface area contributed by atoms with E-state index in [-0.39, 0.29) is 11.5 Å². The van der Waals surface area contributed by atoms with Crippen molar-refractivity contribution in [1.29, 1.82) is 0 Å². The number of aromatic nitrogens is 2. The summed E-state index contributed by atoms with van der Waals surface area (Å²) in [5, 5.41) is 0. The van der Waals surface area contributed by atoms with E-state index in [1.54, 1.807) is 11.0 Å². The second-order valence-corrected chi connectivity index (χ2v) is 10.5. The molecule has 1 saturated carbocycles. The van der Waals surface area contributed by atoms with Gasteiger partial charge in [-0.1, -0.05) is 13.0 Å². The number of anilines is 1. The van der Waals surface area contributed by atoms with E-state index in [9.17, 15) is 4.79 Å². The standard InChI is InChI=1S/C26H27BrN4O3/c1-4-33-20-8-5-7-19(13-20)31-16-26(34-24(31)32)10-6-9-25(2,14-26)15-30-17-29-23-21(27)11-18(28-3)12-22(23)30/h5,7-8,11-13,17H,4,6,9-10,14-16H2,1-2H3/t25-,26?/m0/s1. The van der Waals surface area contributed by atoms with Crippen LogP contribution in [0, 0.1) is 12.0 Å². The van der Waals surface area contributed by atoms with Crippen LogP contribution in [-0.4, -0.2) is 34.4 Å². The van der Waals surface area contributed by atoms with Crippen molar-refractivity contribution in [2.75, 3.05) is 18.1 Å². The van der Waals surface area contributed by atoms with E-state index in [4.69, 9.17) is 16.0 Å². The molecule has 1 amide bonds. The molecule has 3 aromatic rings. The van der Waals surface area contributed by atoms with Crippen LogP contribution in [0.1, 0.15) is 39.5 Å². The zero-order valence-electron chi connectivity index (χ0n) is 19.4. The highest BCUT2D eigenvalue weighted by Gasteiger charge is 2.51. The Kier molecular flexibility index (Phi) is 5.76. The molecule has 2 aromatic carbocycles. The molecule has 0 radical (unpaired) electrons. The summed E-state index contributed by atoms with van der Waals surface area (Å²) >= 11 is 3.55. The molecule has 1 aliphatic heterocycles. The predicted molar refractivity (Wildman–Crippen MR) is 134 cm³/mol. The number of imidazole rings is 1. The predicted octanol–water partition coefficient (Wildman–Crippen LogP) is 6.72. The number of ether oxygens (including phenoxy) is 2. The average molecular weight is 523 g/mol. The summed E-state index contributed by atoms with van der Waals surface area (Å²) in [6.45, 7) is 13.5. The Morgan fingerprint density at radius 3 is 2.94 bits per heavy atom. The summed E-state index contributed by atoms with van der Waals surface area (Å²) in [5.41, 5.74) is 2.60. The lowest BCUT2D eigenvalue weighted by molar-refractivity contribution is -0.0264. The van der Waals surface area contributed by atoms with Crippen molar-refractivity contribution in [3.05, 3.63) is 58.6 Å². The van der Waals surface area contributed by atoms with E-state index >= 15 is 0 Å². The minimum Gasteiger partial charge on any atom is -0.494 e. The third kappa shape index (κ3) is 4.14. The molecule has 1 unspecified atom stereocenters. The van der Waals surface area contributed by atoms with Crippen LogP contribution in [0.15, 0.2) is 47.2 Å². The van der Waals surface area contributed by atoms with Crippen molar-refractivity contribution in [3.8, 4) is 5.75 Å². The minimum absolute atomic E-state index is 0.0735. The first kappa shape index (κ1) is 22.7. The van der Waals surface area contributed by atoms with Crippen molar-refractivity contribution < 1.29 is 14.3 Å². The molecular weight excluding hydrogens is 496 g/mol. The van der Waals surface area contributed by atoms with Gasteiger partial charge in [-0.2, -0.15) is 0 Å². The summed E-state index contributed by atoms with van der Waals surface area (Å²) in [7, 11) is 0. The quantitative estimate of drug-likeness (QED) is 0.348. The van der Waals surface area contributed by atoms with Gasteiger partial charge in [0.1, 0.15) is 16.9 Å². The number of amides is 1. The highest BCUT2D eigenvalue weighted by molar-refractivity contribution is 9.10. The van der Waals surface area contributed by atoms with Crippen molar-refractivity contribution in [3.63, 3.8) is 0 Å². The van der Waals surface area contributed by atoms with Crippen molar-refractivity contribution in [2.24, 2.45) is 5.41 Å². The van der Waals surface area contributed by atoms with Crippen LogP contribution >= 0.6 is 15.9 Å². The molecular formula is C26H27BrN4O3. The Hall–Kier alpha value is -3.05. The minimum atomic E-state index is -0.510. The topological polar surface area (TPSA) is 61.0 Å². The summed E-state index contributed by atoms with van der Waals surface area (Å²) in [6.07, 6.45) is 5.21. The van der Waals surface area contributed by atoms with Crippen molar-refractivity contribution >= 4 is 44.4 Å². The first-order valence-electron chi connectivity index (χ1n) is 11.6. The van der Waals surface area contributed by atoms with E-state index in [1.807, 2.05) is 43.6 Å². The maximum Gasteiger partial charge on any atom is 0.415 e. The molecule has 34 heavy (non-hydrogen) atoms. The van der Waals surface area contributed by atoms with Gasteiger partial charge in [0.05, 0.1) is 37.3 Å². The number of carbonyl (C=O) groups excluding carboxylic acids is 1. The molecule has 1 spiro atoms. The lowest BCUT2D eigenvalue weighted by Crippen LogP contribution is -2.45. The molecule has 7 nitrogen and oxygen atoms in total. The Morgan fingerprint density at radius 1 is 1.29 bits per heavy atom. The Morgan fingerprint density at radius 2 is 2.15 bits per heavy atom. The second kappa shape index (κ2) is 8.62. The molecule has 8 heteroatoms. The van der Waals surface area contributed by atoms with Crippen LogP contribution in [0.3, 0.4) is 0 Å². The Labute approximate surface area is 207 Å². The summed E-state index contributed by atoms with van der Waals surface area (Å²) in [4.78, 5) is 22.8. The number of carbonyl (C=O) groups is 1. The highest BCUT2D eigenvalue weighted by Crippen LogP contribution is 2.48. The fourth-order valence-electron chi connectivity index (χ4n) is 5.59. The van der Waals surface area contributed by atoms with Crippen LogP contribution in [-0.2, 0) is 11.3 Å². The number of halogens is 1. The molecule has 0 bridgehead atoms. The highest BCUT2D eigenvalue weighted by atomic mass is 79.9. The molecule has 1 saturated heterocycles. The number of nitrogens with zero attached hydrogens (tertiary/aromatic N) is 4. The van der Waals surface area contributed by atoms with Gasteiger partial charge < -0.3 is 14.0 Å². The second-order valence-electron chi connectivity index (χ2n) is 9.69. The van der Waals surface area contributed by atoms with E-state index in [0.717, 1.165) is 59.2 Å². The van der Waals surface area contributed by atoms with Gasteiger partial charge >= 0.3 is 6.09 Å². The summed E-state index contributed by atoms with van der Waals surface area (Å²) in [6, 6.07) is 11.3. The molecule has 176 valence electrons. The van der Waals surface area contributed by atoms with E-state index < -0.39 is 5.60 Å². The largest absolute Gasteiger partial charge is 0.494 e. The van der Waals surface area contributed by atoms with Gasteiger partial charge in [-0.3, -0.25) is 4.90 Å². The van der Waals surface area contributed by atoms with E-state index in [0.29, 0.717) is 18.8 Å². The first-order chi connectivity index (χ1) is 16.3. The maximum absolute atomic E-state index is 12.9. The molecule has 2 heterocycles. The normalized spacial score (nSPS) is 24.4. The zero-order chi connectivity index (χ0) is 23.9. The molecule has 1 aliphatic carbocycles. The fourth-order valence-corrected chi connectivity index (χ4v) is 6.13. The maximum atomic E-state index is 12.9. The Bertz CT molecular complexity index is 1300. The van der Waals surface area contributed by atoms with E-state index in [2.05, 4.69) is 37.2 Å². The summed E-state index contributed by atoms with van der Waals surface area (Å²) < 4.78 is 14.7. The lowest BCUT2D eigenvalue weighted by Gasteiger charge is -2.43. The molecule has 2 atom stereocenters. The number of fused-ring (bicyclic) bond motifs is 1. The molecule has 0 N–H and O–H groups in total. The smallest absolute Gasteiger partial charge is 0.415 e. The van der Waals surface area contributed by atoms with Gasteiger partial charge in [0.15, 0.2) is 5.69 Å². The molecule has 1 aromatic heterocycles. The number of hydrogen-bond acceptors (Lipinski definition) is 4. The van der Waals surface area contributed by atoms with Crippen molar-refractivity contribution in [2.45, 2.75) is 51.7 Å². The van der Waals surface area contributed by atoms with Gasteiger partial charge in [0.25, 0.3) is 0 Å². The molecule has 5 rings (SSSR count). The number of benzene rings is 2. The first-order valence-corrected chi connectivity index (χ1v) is 12.4. The van der Waals surface area contributed by atoms with Crippen LogP contribution in [0.2, 0.25) is 0 Å². The number of hydrogen-bond donors (Lipinski definition) is 0. The number of rotatable bonds is 5. The van der Waals surface area contributed by atoms with Gasteiger partial charge in [0.2, 0.25) is 0 Å². The van der Waals surface area contributed by atoms with Crippen molar-refractivity contribution in [1.82, 2.24) is 9.55 Å². The fraction of sp³-hybridized carbons (Fsp3) is 0.423. The monoisotopic (exact) mass is 522 g/mol. The van der Waals surface area contributed by atoms with E-state index in [1.165, 1.54) is 0 Å². The van der Waals surface area contributed by atoms with Gasteiger partial charge in [-0.25, -0.2) is 14.6 Å². The summed E-state index contributed by atoms with van der Waals surface area (Å²) in [5.74, 6) is 0.749. The van der Waals surface area contributed by atoms with Gasteiger partial charge in [0, 0.05) is 17.1 Å². The van der Waals surface area contributed by atoms with Gasteiger partial charge in [-0.15, -0.1) is 0 Å². The molecule has 2 aliphatic rings. The zero-order valence-corrected chi connectivity index (χ0v) is 21.0. The SMILES string of the molecule is [C-]#[N+]c1cc(Br)c2ncn(C[C@@]3(C)CCCC4(CN(c5cccc(OCC)c5)C(=O)O4)C3)c2c1. The van der Waals surface area contributed by atoms with Crippen LogP contribution < -0.4 is 9.64 Å². The third-order valence-corrected chi connectivity index (χ3v) is 7.52. The molecule has 2 fully saturated rings.